The van der Waals surface area contributed by atoms with E-state index in [1.807, 2.05) is 35.2 Å². The second kappa shape index (κ2) is 7.84. The van der Waals surface area contributed by atoms with Gasteiger partial charge in [0.2, 0.25) is 6.79 Å². The minimum Gasteiger partial charge on any atom is -0.454 e. The fourth-order valence-electron chi connectivity index (χ4n) is 3.65. The summed E-state index contributed by atoms with van der Waals surface area (Å²) in [5, 5.41) is 9.34. The number of anilines is 1. The smallest absolute Gasteiger partial charge is 0.254 e. The number of carbonyl (C=O) groups is 1. The summed E-state index contributed by atoms with van der Waals surface area (Å²) >= 11 is 6.01. The Labute approximate surface area is 178 Å². The van der Waals surface area contributed by atoms with Crippen LogP contribution in [0.1, 0.15) is 10.4 Å². The number of rotatable bonds is 3. The molecule has 3 heterocycles. The second-order valence-electron chi connectivity index (χ2n) is 7.13. The highest BCUT2D eigenvalue weighted by Gasteiger charge is 2.23. The molecule has 7 nitrogen and oxygen atoms in total. The van der Waals surface area contributed by atoms with Gasteiger partial charge in [0, 0.05) is 42.3 Å². The quantitative estimate of drug-likeness (QED) is 0.643. The number of halogens is 1. The van der Waals surface area contributed by atoms with Gasteiger partial charge in [0.05, 0.1) is 5.69 Å². The van der Waals surface area contributed by atoms with E-state index in [4.69, 9.17) is 21.1 Å². The first-order valence-corrected chi connectivity index (χ1v) is 10.1. The Morgan fingerprint density at radius 3 is 2.50 bits per heavy atom. The molecule has 5 rings (SSSR count). The van der Waals surface area contributed by atoms with E-state index in [0.29, 0.717) is 36.8 Å². The Morgan fingerprint density at radius 1 is 0.900 bits per heavy atom. The van der Waals surface area contributed by atoms with Crippen LogP contribution in [0.15, 0.2) is 54.6 Å². The van der Waals surface area contributed by atoms with Gasteiger partial charge in [-0.3, -0.25) is 4.79 Å². The van der Waals surface area contributed by atoms with Crippen LogP contribution in [-0.4, -0.2) is 54.0 Å². The van der Waals surface area contributed by atoms with Gasteiger partial charge >= 0.3 is 0 Å². The Kier molecular flexibility index (Phi) is 4.88. The molecule has 1 fully saturated rings. The van der Waals surface area contributed by atoms with E-state index in [2.05, 4.69) is 15.1 Å². The number of ether oxygens (including phenoxy) is 2. The summed E-state index contributed by atoms with van der Waals surface area (Å²) in [6, 6.07) is 16.7. The standard InChI is InChI=1S/C22H19ClN4O3/c23-17-3-1-2-16(12-17)22(28)27-10-8-26(9-11-27)21-7-5-18(24-25-21)15-4-6-19-20(13-15)30-14-29-19/h1-7,12-13H,8-11,14H2. The highest BCUT2D eigenvalue weighted by Crippen LogP contribution is 2.35. The molecule has 0 spiro atoms. The number of hydrogen-bond acceptors (Lipinski definition) is 6. The van der Waals surface area contributed by atoms with Crippen molar-refractivity contribution in [2.75, 3.05) is 37.9 Å². The van der Waals surface area contributed by atoms with Crippen molar-refractivity contribution in [1.29, 1.82) is 0 Å². The maximum absolute atomic E-state index is 12.7. The molecule has 0 saturated carbocycles. The first-order chi connectivity index (χ1) is 14.7. The lowest BCUT2D eigenvalue weighted by Gasteiger charge is -2.35. The van der Waals surface area contributed by atoms with Crippen LogP contribution in [0.3, 0.4) is 0 Å². The average molecular weight is 423 g/mol. The summed E-state index contributed by atoms with van der Waals surface area (Å²) in [7, 11) is 0. The maximum atomic E-state index is 12.7. The molecule has 1 aromatic heterocycles. The maximum Gasteiger partial charge on any atom is 0.254 e. The number of carbonyl (C=O) groups excluding carboxylic acids is 1. The Hall–Kier alpha value is -3.32. The van der Waals surface area contributed by atoms with Crippen molar-refractivity contribution in [2.24, 2.45) is 0 Å². The van der Waals surface area contributed by atoms with E-state index in [1.54, 1.807) is 24.3 Å². The largest absolute Gasteiger partial charge is 0.454 e. The lowest BCUT2D eigenvalue weighted by atomic mass is 10.1. The summed E-state index contributed by atoms with van der Waals surface area (Å²) in [6.07, 6.45) is 0. The molecule has 0 N–H and O–H groups in total. The van der Waals surface area contributed by atoms with Gasteiger partial charge in [-0.1, -0.05) is 17.7 Å². The number of nitrogens with zero attached hydrogens (tertiary/aromatic N) is 4. The van der Waals surface area contributed by atoms with Crippen LogP contribution in [0, 0.1) is 0 Å². The van der Waals surface area contributed by atoms with Gasteiger partial charge in [-0.05, 0) is 48.5 Å². The van der Waals surface area contributed by atoms with Crippen LogP contribution in [0.2, 0.25) is 5.02 Å². The van der Waals surface area contributed by atoms with Gasteiger partial charge in [-0.2, -0.15) is 0 Å². The van der Waals surface area contributed by atoms with Crippen LogP contribution in [0.5, 0.6) is 11.5 Å². The lowest BCUT2D eigenvalue weighted by Crippen LogP contribution is -2.49. The van der Waals surface area contributed by atoms with Crippen LogP contribution >= 0.6 is 11.6 Å². The number of aromatic nitrogens is 2. The molecule has 3 aromatic rings. The van der Waals surface area contributed by atoms with E-state index in [0.717, 1.165) is 28.6 Å². The van der Waals surface area contributed by atoms with Gasteiger partial charge in [0.15, 0.2) is 17.3 Å². The number of piperazine rings is 1. The Morgan fingerprint density at radius 2 is 1.73 bits per heavy atom. The topological polar surface area (TPSA) is 67.8 Å². The van der Waals surface area contributed by atoms with Crippen molar-refractivity contribution in [2.45, 2.75) is 0 Å². The molecular formula is C22H19ClN4O3. The fourth-order valence-corrected chi connectivity index (χ4v) is 3.84. The summed E-state index contributed by atoms with van der Waals surface area (Å²) in [5.41, 5.74) is 2.31. The van der Waals surface area contributed by atoms with Gasteiger partial charge in [-0.15, -0.1) is 10.2 Å². The molecule has 2 aromatic carbocycles. The molecule has 0 bridgehead atoms. The predicted molar refractivity (Wildman–Crippen MR) is 113 cm³/mol. The number of benzene rings is 2. The molecule has 30 heavy (non-hydrogen) atoms. The van der Waals surface area contributed by atoms with E-state index < -0.39 is 0 Å². The third-order valence-corrected chi connectivity index (χ3v) is 5.52. The molecule has 2 aliphatic rings. The third kappa shape index (κ3) is 3.64. The Bertz CT molecular complexity index is 1080. The van der Waals surface area contributed by atoms with E-state index in [9.17, 15) is 4.79 Å². The summed E-state index contributed by atoms with van der Waals surface area (Å²) < 4.78 is 10.8. The Balaban J connectivity index is 1.24. The highest BCUT2D eigenvalue weighted by atomic mass is 35.5. The summed E-state index contributed by atoms with van der Waals surface area (Å²) in [4.78, 5) is 16.7. The first kappa shape index (κ1) is 18.7. The van der Waals surface area contributed by atoms with Gasteiger partial charge in [0.25, 0.3) is 5.91 Å². The van der Waals surface area contributed by atoms with E-state index in [1.165, 1.54) is 0 Å². The van der Waals surface area contributed by atoms with Crippen molar-refractivity contribution in [1.82, 2.24) is 15.1 Å². The van der Waals surface area contributed by atoms with Crippen molar-refractivity contribution in [3.63, 3.8) is 0 Å². The van der Waals surface area contributed by atoms with Crippen LogP contribution in [0.4, 0.5) is 5.82 Å². The number of fused-ring (bicyclic) bond motifs is 1. The molecule has 1 amide bonds. The molecule has 152 valence electrons. The SMILES string of the molecule is O=C(c1cccc(Cl)c1)N1CCN(c2ccc(-c3ccc4c(c3)OCO4)nn2)CC1. The lowest BCUT2D eigenvalue weighted by molar-refractivity contribution is 0.0746. The van der Waals surface area contributed by atoms with Gasteiger partial charge in [0.1, 0.15) is 0 Å². The molecule has 0 unspecified atom stereocenters. The van der Waals surface area contributed by atoms with Crippen molar-refractivity contribution >= 4 is 23.3 Å². The number of hydrogen-bond donors (Lipinski definition) is 0. The zero-order valence-corrected chi connectivity index (χ0v) is 16.9. The molecule has 8 heteroatoms. The summed E-state index contributed by atoms with van der Waals surface area (Å²) in [6.45, 7) is 2.89. The molecule has 1 saturated heterocycles. The van der Waals surface area contributed by atoms with Gasteiger partial charge in [-0.25, -0.2) is 0 Å². The minimum absolute atomic E-state index is 0.00129. The van der Waals surface area contributed by atoms with Crippen LogP contribution in [-0.2, 0) is 0 Å². The molecule has 2 aliphatic heterocycles. The second-order valence-corrected chi connectivity index (χ2v) is 7.57. The molecule has 0 atom stereocenters. The van der Waals surface area contributed by atoms with Crippen molar-refractivity contribution < 1.29 is 14.3 Å². The van der Waals surface area contributed by atoms with Crippen LogP contribution in [0.25, 0.3) is 11.3 Å². The normalized spacial score (nSPS) is 15.4. The zero-order chi connectivity index (χ0) is 20.5. The van der Waals surface area contributed by atoms with Crippen LogP contribution < -0.4 is 14.4 Å². The average Bonchev–Trinajstić information content (AvgIpc) is 3.27. The highest BCUT2D eigenvalue weighted by molar-refractivity contribution is 6.30. The third-order valence-electron chi connectivity index (χ3n) is 5.28. The molecular weight excluding hydrogens is 404 g/mol. The monoisotopic (exact) mass is 422 g/mol. The minimum atomic E-state index is 0.00129. The number of amides is 1. The first-order valence-electron chi connectivity index (χ1n) is 9.71. The van der Waals surface area contributed by atoms with Gasteiger partial charge < -0.3 is 19.3 Å². The molecule has 0 aliphatic carbocycles. The van der Waals surface area contributed by atoms with Crippen molar-refractivity contribution in [3.8, 4) is 22.8 Å². The fraction of sp³-hybridized carbons (Fsp3) is 0.227. The summed E-state index contributed by atoms with van der Waals surface area (Å²) in [5.74, 6) is 2.27. The molecule has 0 radical (unpaired) electrons. The zero-order valence-electron chi connectivity index (χ0n) is 16.1. The van der Waals surface area contributed by atoms with E-state index >= 15 is 0 Å². The van der Waals surface area contributed by atoms with Crippen molar-refractivity contribution in [3.05, 3.63) is 65.2 Å². The van der Waals surface area contributed by atoms with E-state index in [-0.39, 0.29) is 12.7 Å². The predicted octanol–water partition coefficient (Wildman–Crippen LogP) is 3.49.